The number of para-hydroxylation sites is 1. The average molecular weight is 352 g/mol. The molecule has 0 radical (unpaired) electrons. The number of hydrogen-bond donors (Lipinski definition) is 1. The maximum atomic E-state index is 12.9. The summed E-state index contributed by atoms with van der Waals surface area (Å²) in [5.41, 5.74) is 1.09. The lowest BCUT2D eigenvalue weighted by Crippen LogP contribution is -2.45. The van der Waals surface area contributed by atoms with Crippen LogP contribution in [0.2, 0.25) is 0 Å². The maximum Gasteiger partial charge on any atom is 0.297 e. The highest BCUT2D eigenvalue weighted by atomic mass is 16.3. The highest BCUT2D eigenvalue weighted by Gasteiger charge is 2.37. The molecule has 0 spiro atoms. The van der Waals surface area contributed by atoms with E-state index in [-0.39, 0.29) is 35.7 Å². The molecule has 1 aromatic carbocycles. The molecule has 0 aliphatic carbocycles. The summed E-state index contributed by atoms with van der Waals surface area (Å²) >= 11 is 0. The van der Waals surface area contributed by atoms with Crippen molar-refractivity contribution in [1.82, 2.24) is 19.8 Å². The number of hydrogen-bond acceptors (Lipinski definition) is 5. The standard InChI is InChI=1S/C19H20N4O3/c24-16(23-12-5-6-13(23)9-20-8-7-12)10-22-11-21-17-14-3-1-2-4-15(14)26-18(17)19(22)25/h1-4,11-13,20H,5-10H2. The molecule has 1 amide bonds. The number of nitrogens with zero attached hydrogens (tertiary/aromatic N) is 3. The van der Waals surface area contributed by atoms with Crippen molar-refractivity contribution in [3.05, 3.63) is 40.9 Å². The summed E-state index contributed by atoms with van der Waals surface area (Å²) in [5, 5.41) is 4.20. The molecule has 2 aliphatic heterocycles. The van der Waals surface area contributed by atoms with Crippen LogP contribution in [0.15, 0.2) is 39.8 Å². The molecule has 2 saturated heterocycles. The molecule has 7 nitrogen and oxygen atoms in total. The number of nitrogens with one attached hydrogen (secondary N) is 1. The molecule has 5 rings (SSSR count). The van der Waals surface area contributed by atoms with Gasteiger partial charge >= 0.3 is 0 Å². The number of benzene rings is 1. The molecule has 7 heteroatoms. The molecule has 0 saturated carbocycles. The minimum atomic E-state index is -0.306. The van der Waals surface area contributed by atoms with Crippen LogP contribution in [0.25, 0.3) is 22.1 Å². The van der Waals surface area contributed by atoms with E-state index in [1.807, 2.05) is 29.2 Å². The number of carbonyl (C=O) groups is 1. The number of aromatic nitrogens is 2. The molecule has 2 aliphatic rings. The summed E-state index contributed by atoms with van der Waals surface area (Å²) in [6, 6.07) is 7.95. The van der Waals surface area contributed by atoms with Crippen LogP contribution in [0.4, 0.5) is 0 Å². The van der Waals surface area contributed by atoms with Crippen LogP contribution in [0, 0.1) is 0 Å². The van der Waals surface area contributed by atoms with Crippen molar-refractivity contribution < 1.29 is 9.21 Å². The van der Waals surface area contributed by atoms with Crippen molar-refractivity contribution >= 4 is 28.0 Å². The van der Waals surface area contributed by atoms with E-state index in [0.717, 1.165) is 37.7 Å². The first-order valence-electron chi connectivity index (χ1n) is 9.11. The number of furan rings is 1. The Hall–Kier alpha value is -2.67. The van der Waals surface area contributed by atoms with E-state index >= 15 is 0 Å². The Labute approximate surface area is 149 Å². The highest BCUT2D eigenvalue weighted by Crippen LogP contribution is 2.28. The lowest BCUT2D eigenvalue weighted by atomic mass is 10.1. The molecule has 2 fully saturated rings. The van der Waals surface area contributed by atoms with Crippen LogP contribution in [0.3, 0.4) is 0 Å². The zero-order valence-corrected chi connectivity index (χ0v) is 14.4. The van der Waals surface area contributed by atoms with Crippen molar-refractivity contribution in [2.75, 3.05) is 13.1 Å². The van der Waals surface area contributed by atoms with Gasteiger partial charge in [-0.1, -0.05) is 12.1 Å². The Morgan fingerprint density at radius 3 is 3.00 bits per heavy atom. The van der Waals surface area contributed by atoms with Crippen molar-refractivity contribution in [3.63, 3.8) is 0 Å². The topological polar surface area (TPSA) is 80.4 Å². The van der Waals surface area contributed by atoms with Crippen molar-refractivity contribution in [1.29, 1.82) is 0 Å². The SMILES string of the molecule is O=C(Cn1cnc2c(oc3ccccc32)c1=O)N1C2CCNCC1CC2. The van der Waals surface area contributed by atoms with Gasteiger partial charge in [0.2, 0.25) is 11.5 Å². The first-order valence-corrected chi connectivity index (χ1v) is 9.11. The third kappa shape index (κ3) is 2.34. The Morgan fingerprint density at radius 1 is 1.23 bits per heavy atom. The van der Waals surface area contributed by atoms with Crippen molar-refractivity contribution in [2.24, 2.45) is 0 Å². The zero-order valence-electron chi connectivity index (χ0n) is 14.4. The molecule has 3 aromatic rings. The molecular formula is C19H20N4O3. The second-order valence-corrected chi connectivity index (χ2v) is 7.13. The fourth-order valence-electron chi connectivity index (χ4n) is 4.34. The largest absolute Gasteiger partial charge is 0.448 e. The van der Waals surface area contributed by atoms with Gasteiger partial charge in [-0.15, -0.1) is 0 Å². The highest BCUT2D eigenvalue weighted by molar-refractivity contribution is 6.01. The van der Waals surface area contributed by atoms with E-state index in [4.69, 9.17) is 4.42 Å². The van der Waals surface area contributed by atoms with Crippen LogP contribution < -0.4 is 10.9 Å². The number of amides is 1. The smallest absolute Gasteiger partial charge is 0.297 e. The van der Waals surface area contributed by atoms with Crippen LogP contribution in [0.1, 0.15) is 19.3 Å². The van der Waals surface area contributed by atoms with Gasteiger partial charge < -0.3 is 14.6 Å². The first kappa shape index (κ1) is 15.6. The molecule has 134 valence electrons. The molecule has 2 bridgehead atoms. The van der Waals surface area contributed by atoms with E-state index in [9.17, 15) is 9.59 Å². The van der Waals surface area contributed by atoms with Crippen molar-refractivity contribution in [3.8, 4) is 0 Å². The second-order valence-electron chi connectivity index (χ2n) is 7.13. The summed E-state index contributed by atoms with van der Waals surface area (Å²) in [5.74, 6) is -0.0134. The molecule has 2 atom stereocenters. The fourth-order valence-corrected chi connectivity index (χ4v) is 4.34. The predicted octanol–water partition coefficient (Wildman–Crippen LogP) is 1.50. The van der Waals surface area contributed by atoms with E-state index in [2.05, 4.69) is 10.3 Å². The lowest BCUT2D eigenvalue weighted by molar-refractivity contribution is -0.134. The monoisotopic (exact) mass is 352 g/mol. The Balaban J connectivity index is 1.49. The number of rotatable bonds is 2. The lowest BCUT2D eigenvalue weighted by Gasteiger charge is -2.28. The van der Waals surface area contributed by atoms with Crippen LogP contribution in [-0.2, 0) is 11.3 Å². The molecule has 1 N–H and O–H groups in total. The Kier molecular flexibility index (Phi) is 3.56. The normalized spacial score (nSPS) is 22.8. The van der Waals surface area contributed by atoms with Gasteiger partial charge in [0.15, 0.2) is 0 Å². The summed E-state index contributed by atoms with van der Waals surface area (Å²) in [6.07, 6.45) is 4.51. The summed E-state index contributed by atoms with van der Waals surface area (Å²) in [6.45, 7) is 1.78. The molecular weight excluding hydrogens is 332 g/mol. The molecule has 4 heterocycles. The third-order valence-corrected chi connectivity index (χ3v) is 5.60. The number of fused-ring (bicyclic) bond motifs is 5. The summed E-state index contributed by atoms with van der Waals surface area (Å²) < 4.78 is 7.06. The molecule has 26 heavy (non-hydrogen) atoms. The summed E-state index contributed by atoms with van der Waals surface area (Å²) in [7, 11) is 0. The van der Waals surface area contributed by atoms with Gasteiger partial charge in [-0.3, -0.25) is 14.2 Å². The Morgan fingerprint density at radius 2 is 2.08 bits per heavy atom. The van der Waals surface area contributed by atoms with Gasteiger partial charge in [-0.2, -0.15) is 0 Å². The fraction of sp³-hybridized carbons (Fsp3) is 0.421. The van der Waals surface area contributed by atoms with Gasteiger partial charge in [0, 0.05) is 24.0 Å². The zero-order chi connectivity index (χ0) is 17.7. The van der Waals surface area contributed by atoms with E-state index in [1.54, 1.807) is 0 Å². The van der Waals surface area contributed by atoms with Gasteiger partial charge in [0.1, 0.15) is 17.6 Å². The quantitative estimate of drug-likeness (QED) is 0.756. The number of carbonyl (C=O) groups excluding carboxylic acids is 1. The Bertz CT molecular complexity index is 1040. The maximum absolute atomic E-state index is 12.9. The van der Waals surface area contributed by atoms with Crippen LogP contribution in [0.5, 0.6) is 0 Å². The van der Waals surface area contributed by atoms with Gasteiger partial charge in [0.25, 0.3) is 5.56 Å². The van der Waals surface area contributed by atoms with Crippen molar-refractivity contribution in [2.45, 2.75) is 37.9 Å². The van der Waals surface area contributed by atoms with Crippen LogP contribution >= 0.6 is 0 Å². The minimum absolute atomic E-state index is 0.00577. The first-order chi connectivity index (χ1) is 12.7. The molecule has 2 unspecified atom stereocenters. The summed E-state index contributed by atoms with van der Waals surface area (Å²) in [4.78, 5) is 32.1. The van der Waals surface area contributed by atoms with Gasteiger partial charge in [-0.05, 0) is 37.9 Å². The van der Waals surface area contributed by atoms with E-state index < -0.39 is 0 Å². The molecule has 2 aromatic heterocycles. The van der Waals surface area contributed by atoms with E-state index in [1.165, 1.54) is 10.9 Å². The second kappa shape index (κ2) is 5.95. The third-order valence-electron chi connectivity index (χ3n) is 5.60. The van der Waals surface area contributed by atoms with Gasteiger partial charge in [0.05, 0.1) is 6.33 Å². The average Bonchev–Trinajstić information content (AvgIpc) is 3.14. The van der Waals surface area contributed by atoms with Crippen LogP contribution in [-0.4, -0.2) is 45.5 Å². The minimum Gasteiger partial charge on any atom is -0.448 e. The predicted molar refractivity (Wildman–Crippen MR) is 96.9 cm³/mol. The van der Waals surface area contributed by atoms with E-state index in [0.29, 0.717) is 11.1 Å². The van der Waals surface area contributed by atoms with Gasteiger partial charge in [-0.25, -0.2) is 4.98 Å².